The number of fused-ring (bicyclic) bond motifs is 1. The zero-order valence-electron chi connectivity index (χ0n) is 12.5. The summed E-state index contributed by atoms with van der Waals surface area (Å²) in [7, 11) is 1.88. The number of hydrogen-bond donors (Lipinski definition) is 1. The largest absolute Gasteiger partial charge is 0.363 e. The third kappa shape index (κ3) is 2.59. The van der Waals surface area contributed by atoms with Crippen LogP contribution in [0, 0.1) is 0 Å². The van der Waals surface area contributed by atoms with Crippen molar-refractivity contribution in [3.63, 3.8) is 0 Å². The van der Waals surface area contributed by atoms with Crippen LogP contribution in [0.25, 0.3) is 11.0 Å². The third-order valence-corrected chi connectivity index (χ3v) is 3.77. The smallest absolute Gasteiger partial charge is 0.163 e. The minimum absolute atomic E-state index is 0.175. The van der Waals surface area contributed by atoms with Crippen LogP contribution in [0.2, 0.25) is 0 Å². The molecule has 5 nitrogen and oxygen atoms in total. The summed E-state index contributed by atoms with van der Waals surface area (Å²) in [4.78, 5) is 8.60. The number of rotatable bonds is 4. The Kier molecular flexibility index (Phi) is 3.56. The van der Waals surface area contributed by atoms with E-state index in [1.165, 1.54) is 11.1 Å². The first-order valence-electron chi connectivity index (χ1n) is 7.17. The van der Waals surface area contributed by atoms with E-state index in [1.807, 2.05) is 7.05 Å². The van der Waals surface area contributed by atoms with Gasteiger partial charge in [0.05, 0.1) is 11.6 Å². The molecule has 108 valence electrons. The summed E-state index contributed by atoms with van der Waals surface area (Å²) in [5, 5.41) is 8.62. The quantitative estimate of drug-likeness (QED) is 0.798. The van der Waals surface area contributed by atoms with Crippen LogP contribution in [0.4, 0.5) is 5.82 Å². The van der Waals surface area contributed by atoms with Crippen LogP contribution in [0.1, 0.15) is 31.0 Å². The summed E-state index contributed by atoms with van der Waals surface area (Å²) in [6.07, 6.45) is 4.42. The molecule has 0 bridgehead atoms. The van der Waals surface area contributed by atoms with Gasteiger partial charge in [0.25, 0.3) is 0 Å². The highest BCUT2D eigenvalue weighted by Gasteiger charge is 2.11. The van der Waals surface area contributed by atoms with Crippen LogP contribution >= 0.6 is 0 Å². The van der Waals surface area contributed by atoms with Crippen molar-refractivity contribution in [1.29, 1.82) is 0 Å². The lowest BCUT2D eigenvalue weighted by Crippen LogP contribution is -2.08. The van der Waals surface area contributed by atoms with Crippen LogP contribution in [0.3, 0.4) is 0 Å². The number of nitrogens with zero attached hydrogens (tertiary/aromatic N) is 4. The Labute approximate surface area is 124 Å². The second-order valence-electron chi connectivity index (χ2n) is 5.19. The van der Waals surface area contributed by atoms with Crippen molar-refractivity contribution in [3.05, 3.63) is 47.9 Å². The highest BCUT2D eigenvalue weighted by atomic mass is 15.3. The van der Waals surface area contributed by atoms with E-state index in [9.17, 15) is 0 Å². The van der Waals surface area contributed by atoms with Crippen molar-refractivity contribution in [2.75, 3.05) is 5.32 Å². The second-order valence-corrected chi connectivity index (χ2v) is 5.19. The number of benzene rings is 1. The number of aromatic nitrogens is 4. The molecule has 1 unspecified atom stereocenters. The maximum absolute atomic E-state index is 4.34. The summed E-state index contributed by atoms with van der Waals surface area (Å²) in [6, 6.07) is 8.85. The Morgan fingerprint density at radius 2 is 1.95 bits per heavy atom. The van der Waals surface area contributed by atoms with E-state index in [0.29, 0.717) is 0 Å². The molecule has 2 heterocycles. The fourth-order valence-electron chi connectivity index (χ4n) is 2.41. The van der Waals surface area contributed by atoms with Gasteiger partial charge in [0, 0.05) is 13.1 Å². The molecule has 3 aromatic rings. The van der Waals surface area contributed by atoms with Gasteiger partial charge in [0.15, 0.2) is 5.65 Å². The van der Waals surface area contributed by atoms with Gasteiger partial charge in [-0.25, -0.2) is 9.97 Å². The molecule has 0 amide bonds. The van der Waals surface area contributed by atoms with Gasteiger partial charge in [-0.05, 0) is 24.5 Å². The van der Waals surface area contributed by atoms with E-state index in [1.54, 1.807) is 17.2 Å². The Morgan fingerprint density at radius 3 is 2.67 bits per heavy atom. The molecule has 5 heteroatoms. The molecular weight excluding hydrogens is 262 g/mol. The van der Waals surface area contributed by atoms with E-state index in [2.05, 4.69) is 58.5 Å². The van der Waals surface area contributed by atoms with Gasteiger partial charge in [-0.3, -0.25) is 4.68 Å². The van der Waals surface area contributed by atoms with Crippen LogP contribution in [-0.4, -0.2) is 19.7 Å². The molecule has 0 aliphatic heterocycles. The molecule has 0 fully saturated rings. The van der Waals surface area contributed by atoms with Gasteiger partial charge in [-0.15, -0.1) is 0 Å². The third-order valence-electron chi connectivity index (χ3n) is 3.77. The monoisotopic (exact) mass is 281 g/mol. The van der Waals surface area contributed by atoms with Gasteiger partial charge in [0.2, 0.25) is 0 Å². The predicted molar refractivity (Wildman–Crippen MR) is 84.2 cm³/mol. The summed E-state index contributed by atoms with van der Waals surface area (Å²) in [6.45, 7) is 4.29. The van der Waals surface area contributed by atoms with Gasteiger partial charge in [-0.2, -0.15) is 5.10 Å². The minimum Gasteiger partial charge on any atom is -0.363 e. The van der Waals surface area contributed by atoms with E-state index in [-0.39, 0.29) is 6.04 Å². The first kappa shape index (κ1) is 13.5. The van der Waals surface area contributed by atoms with E-state index in [4.69, 9.17) is 0 Å². The average Bonchev–Trinajstić information content (AvgIpc) is 2.90. The van der Waals surface area contributed by atoms with E-state index in [0.717, 1.165) is 23.3 Å². The van der Waals surface area contributed by atoms with Gasteiger partial charge < -0.3 is 5.32 Å². The first-order valence-corrected chi connectivity index (χ1v) is 7.17. The van der Waals surface area contributed by atoms with Crippen molar-refractivity contribution in [3.8, 4) is 0 Å². The minimum atomic E-state index is 0.175. The van der Waals surface area contributed by atoms with Gasteiger partial charge in [0.1, 0.15) is 12.1 Å². The molecule has 0 saturated carbocycles. The first-order chi connectivity index (χ1) is 10.2. The van der Waals surface area contributed by atoms with Crippen molar-refractivity contribution in [2.24, 2.45) is 7.05 Å². The lowest BCUT2D eigenvalue weighted by molar-refractivity contribution is 0.785. The van der Waals surface area contributed by atoms with Crippen LogP contribution < -0.4 is 5.32 Å². The summed E-state index contributed by atoms with van der Waals surface area (Å²) in [5.41, 5.74) is 3.42. The lowest BCUT2D eigenvalue weighted by atomic mass is 10.0. The summed E-state index contributed by atoms with van der Waals surface area (Å²) < 4.78 is 1.75. The molecular formula is C16H19N5. The molecule has 0 saturated heterocycles. The zero-order chi connectivity index (χ0) is 14.8. The molecule has 3 rings (SSSR count). The molecule has 1 aromatic carbocycles. The number of hydrogen-bond acceptors (Lipinski definition) is 4. The Bertz CT molecular complexity index is 745. The lowest BCUT2D eigenvalue weighted by Gasteiger charge is -2.15. The van der Waals surface area contributed by atoms with Crippen molar-refractivity contribution >= 4 is 16.9 Å². The summed E-state index contributed by atoms with van der Waals surface area (Å²) in [5.74, 6) is 0.820. The molecule has 0 spiro atoms. The SMILES string of the molecule is CCc1ccc(C(C)Nc2ncnc3c2cnn3C)cc1. The number of aryl methyl sites for hydroxylation is 2. The van der Waals surface area contributed by atoms with E-state index < -0.39 is 0 Å². The van der Waals surface area contributed by atoms with E-state index >= 15 is 0 Å². The molecule has 2 aromatic heterocycles. The maximum atomic E-state index is 4.34. The van der Waals surface area contributed by atoms with Crippen molar-refractivity contribution in [1.82, 2.24) is 19.7 Å². The van der Waals surface area contributed by atoms with Crippen LogP contribution in [0.5, 0.6) is 0 Å². The van der Waals surface area contributed by atoms with Crippen molar-refractivity contribution < 1.29 is 0 Å². The Morgan fingerprint density at radius 1 is 1.19 bits per heavy atom. The average molecular weight is 281 g/mol. The van der Waals surface area contributed by atoms with Gasteiger partial charge >= 0.3 is 0 Å². The van der Waals surface area contributed by atoms with Crippen LogP contribution in [0.15, 0.2) is 36.8 Å². The van der Waals surface area contributed by atoms with Gasteiger partial charge in [-0.1, -0.05) is 31.2 Å². The van der Waals surface area contributed by atoms with Crippen molar-refractivity contribution in [2.45, 2.75) is 26.3 Å². The molecule has 1 N–H and O–H groups in total. The Hall–Kier alpha value is -2.43. The summed E-state index contributed by atoms with van der Waals surface area (Å²) >= 11 is 0. The molecule has 21 heavy (non-hydrogen) atoms. The fourth-order valence-corrected chi connectivity index (χ4v) is 2.41. The highest BCUT2D eigenvalue weighted by molar-refractivity contribution is 5.86. The number of anilines is 1. The molecule has 0 aliphatic carbocycles. The predicted octanol–water partition coefficient (Wildman–Crippen LogP) is 3.10. The topological polar surface area (TPSA) is 55.6 Å². The fraction of sp³-hybridized carbons (Fsp3) is 0.312. The molecule has 0 radical (unpaired) electrons. The zero-order valence-corrected chi connectivity index (χ0v) is 12.5. The molecule has 0 aliphatic rings. The second kappa shape index (κ2) is 5.52. The Balaban J connectivity index is 1.87. The standard InChI is InChI=1S/C16H19N5/c1-4-12-5-7-13(8-6-12)11(2)20-15-14-9-19-21(3)16(14)18-10-17-15/h5-11H,4H2,1-3H3,(H,17,18,20). The number of nitrogens with one attached hydrogen (secondary N) is 1. The maximum Gasteiger partial charge on any atom is 0.163 e. The van der Waals surface area contributed by atoms with Crippen LogP contribution in [-0.2, 0) is 13.5 Å². The molecule has 1 atom stereocenters. The normalized spacial score (nSPS) is 12.5. The highest BCUT2D eigenvalue weighted by Crippen LogP contribution is 2.23.